The summed E-state index contributed by atoms with van der Waals surface area (Å²) in [5.74, 6) is 1.38. The minimum Gasteiger partial charge on any atom is -0.341 e. The third kappa shape index (κ3) is 3.90. The second-order valence-electron chi connectivity index (χ2n) is 7.77. The summed E-state index contributed by atoms with van der Waals surface area (Å²) in [5.41, 5.74) is 0.393. The monoisotopic (exact) mass is 299 g/mol. The first kappa shape index (κ1) is 16.1. The van der Waals surface area contributed by atoms with Crippen LogP contribution >= 0.6 is 11.6 Å². The number of nitrogens with zero attached hydrogens (tertiary/aromatic N) is 1. The third-order valence-corrected chi connectivity index (χ3v) is 5.86. The van der Waals surface area contributed by atoms with Crippen LogP contribution < -0.4 is 0 Å². The van der Waals surface area contributed by atoms with Gasteiger partial charge in [0.05, 0.1) is 0 Å². The van der Waals surface area contributed by atoms with Gasteiger partial charge in [-0.3, -0.25) is 4.79 Å². The van der Waals surface area contributed by atoms with Crippen LogP contribution in [0.2, 0.25) is 0 Å². The molecule has 0 spiro atoms. The lowest BCUT2D eigenvalue weighted by molar-refractivity contribution is -0.133. The topological polar surface area (TPSA) is 20.3 Å². The lowest BCUT2D eigenvalue weighted by Gasteiger charge is -2.39. The number of hydrogen-bond acceptors (Lipinski definition) is 1. The number of alkyl halides is 1. The average Bonchev–Trinajstić information content (AvgIpc) is 2.46. The average molecular weight is 300 g/mol. The summed E-state index contributed by atoms with van der Waals surface area (Å²) in [6, 6.07) is 0. The van der Waals surface area contributed by atoms with Gasteiger partial charge in [-0.2, -0.15) is 0 Å². The zero-order valence-electron chi connectivity index (χ0n) is 13.3. The highest BCUT2D eigenvalue weighted by atomic mass is 35.5. The lowest BCUT2D eigenvalue weighted by atomic mass is 9.69. The molecule has 1 atom stereocenters. The van der Waals surface area contributed by atoms with Gasteiger partial charge in [-0.15, -0.1) is 11.6 Å². The van der Waals surface area contributed by atoms with Crippen molar-refractivity contribution >= 4 is 17.5 Å². The molecule has 2 nitrogen and oxygen atoms in total. The predicted molar refractivity (Wildman–Crippen MR) is 85.0 cm³/mol. The van der Waals surface area contributed by atoms with Gasteiger partial charge in [-0.05, 0) is 62.2 Å². The number of carbonyl (C=O) groups is 1. The summed E-state index contributed by atoms with van der Waals surface area (Å²) < 4.78 is 0. The Morgan fingerprint density at radius 2 is 1.60 bits per heavy atom. The normalized spacial score (nSPS) is 30.1. The van der Waals surface area contributed by atoms with Crippen molar-refractivity contribution in [3.63, 3.8) is 0 Å². The SMILES string of the molecule is CC(C)(C)C1CCC(C(Cl)C(=O)N2CCCCC2)CC1. The molecule has 3 heteroatoms. The maximum atomic E-state index is 12.5. The molecule has 0 aromatic heterocycles. The lowest BCUT2D eigenvalue weighted by Crippen LogP contribution is -2.43. The zero-order chi connectivity index (χ0) is 14.8. The fraction of sp³-hybridized carbons (Fsp3) is 0.941. The maximum Gasteiger partial charge on any atom is 0.240 e. The molecule has 20 heavy (non-hydrogen) atoms. The van der Waals surface area contributed by atoms with Crippen LogP contribution in [0.15, 0.2) is 0 Å². The number of hydrogen-bond donors (Lipinski definition) is 0. The molecule has 1 saturated heterocycles. The highest BCUT2D eigenvalue weighted by Crippen LogP contribution is 2.41. The van der Waals surface area contributed by atoms with Crippen molar-refractivity contribution in [2.75, 3.05) is 13.1 Å². The van der Waals surface area contributed by atoms with E-state index >= 15 is 0 Å². The quantitative estimate of drug-likeness (QED) is 0.689. The van der Waals surface area contributed by atoms with Crippen molar-refractivity contribution in [2.24, 2.45) is 17.3 Å². The summed E-state index contributed by atoms with van der Waals surface area (Å²) in [5, 5.41) is -0.283. The summed E-state index contributed by atoms with van der Waals surface area (Å²) in [7, 11) is 0. The molecule has 0 radical (unpaired) electrons. The van der Waals surface area contributed by atoms with Crippen LogP contribution in [0, 0.1) is 17.3 Å². The highest BCUT2D eigenvalue weighted by molar-refractivity contribution is 6.30. The van der Waals surface area contributed by atoms with Gasteiger partial charge in [0, 0.05) is 13.1 Å². The minimum absolute atomic E-state index is 0.200. The van der Waals surface area contributed by atoms with Crippen LogP contribution in [-0.2, 0) is 4.79 Å². The van der Waals surface area contributed by atoms with E-state index in [9.17, 15) is 4.79 Å². The van der Waals surface area contributed by atoms with E-state index in [1.54, 1.807) is 0 Å². The number of halogens is 1. The van der Waals surface area contributed by atoms with Crippen molar-refractivity contribution in [1.82, 2.24) is 4.90 Å². The Morgan fingerprint density at radius 1 is 1.05 bits per heavy atom. The molecule has 0 aromatic rings. The van der Waals surface area contributed by atoms with Crippen molar-refractivity contribution in [2.45, 2.75) is 71.1 Å². The van der Waals surface area contributed by atoms with Crippen molar-refractivity contribution in [3.8, 4) is 0 Å². The number of piperidine rings is 1. The third-order valence-electron chi connectivity index (χ3n) is 5.31. The van der Waals surface area contributed by atoms with Crippen LogP contribution in [-0.4, -0.2) is 29.3 Å². The van der Waals surface area contributed by atoms with Gasteiger partial charge in [-0.1, -0.05) is 20.8 Å². The summed E-state index contributed by atoms with van der Waals surface area (Å²) in [6.07, 6.45) is 8.24. The fourth-order valence-corrected chi connectivity index (χ4v) is 4.16. The van der Waals surface area contributed by atoms with Gasteiger partial charge in [0.25, 0.3) is 0 Å². The van der Waals surface area contributed by atoms with E-state index in [0.717, 1.165) is 44.7 Å². The van der Waals surface area contributed by atoms with Gasteiger partial charge < -0.3 is 4.90 Å². The number of amides is 1. The predicted octanol–water partition coefficient (Wildman–Crippen LogP) is 4.46. The molecule has 1 aliphatic carbocycles. The molecular weight excluding hydrogens is 270 g/mol. The van der Waals surface area contributed by atoms with Gasteiger partial charge in [0.15, 0.2) is 0 Å². The van der Waals surface area contributed by atoms with Crippen molar-refractivity contribution in [1.29, 1.82) is 0 Å². The van der Waals surface area contributed by atoms with Gasteiger partial charge in [0.2, 0.25) is 5.91 Å². The molecular formula is C17H30ClNO. The second-order valence-corrected chi connectivity index (χ2v) is 8.24. The Kier molecular flexibility index (Phi) is 5.39. The molecule has 1 amide bonds. The van der Waals surface area contributed by atoms with Gasteiger partial charge in [-0.25, -0.2) is 0 Å². The molecule has 116 valence electrons. The molecule has 0 bridgehead atoms. The summed E-state index contributed by atoms with van der Waals surface area (Å²) in [6.45, 7) is 8.82. The molecule has 2 fully saturated rings. The number of likely N-dealkylation sites (tertiary alicyclic amines) is 1. The standard InChI is InChI=1S/C17H30ClNO/c1-17(2,3)14-9-7-13(8-10-14)15(18)16(20)19-11-5-4-6-12-19/h13-15H,4-12H2,1-3H3. The van der Waals surface area contributed by atoms with E-state index in [0.29, 0.717) is 11.3 Å². The van der Waals surface area contributed by atoms with Crippen LogP contribution in [0.4, 0.5) is 0 Å². The molecule has 1 heterocycles. The summed E-state index contributed by atoms with van der Waals surface area (Å²) >= 11 is 6.51. The van der Waals surface area contributed by atoms with Crippen LogP contribution in [0.3, 0.4) is 0 Å². The first-order valence-corrected chi connectivity index (χ1v) is 8.76. The number of carbonyl (C=O) groups excluding carboxylic acids is 1. The van der Waals surface area contributed by atoms with E-state index in [-0.39, 0.29) is 11.3 Å². The van der Waals surface area contributed by atoms with E-state index in [2.05, 4.69) is 20.8 Å². The van der Waals surface area contributed by atoms with Crippen LogP contribution in [0.25, 0.3) is 0 Å². The summed E-state index contributed by atoms with van der Waals surface area (Å²) in [4.78, 5) is 14.5. The zero-order valence-corrected chi connectivity index (χ0v) is 14.1. The molecule has 1 unspecified atom stereocenters. The van der Waals surface area contributed by atoms with E-state index in [1.807, 2.05) is 4.90 Å². The fourth-order valence-electron chi connectivity index (χ4n) is 3.77. The highest BCUT2D eigenvalue weighted by Gasteiger charge is 2.36. The maximum absolute atomic E-state index is 12.5. The van der Waals surface area contributed by atoms with E-state index in [4.69, 9.17) is 11.6 Å². The molecule has 1 aliphatic heterocycles. The van der Waals surface area contributed by atoms with Crippen molar-refractivity contribution in [3.05, 3.63) is 0 Å². The van der Waals surface area contributed by atoms with E-state index < -0.39 is 0 Å². The number of rotatable bonds is 2. The second kappa shape index (κ2) is 6.68. The van der Waals surface area contributed by atoms with E-state index in [1.165, 1.54) is 19.3 Å². The Hall–Kier alpha value is -0.240. The molecule has 2 rings (SSSR count). The molecule has 0 N–H and O–H groups in total. The minimum atomic E-state index is -0.283. The Morgan fingerprint density at radius 3 is 2.10 bits per heavy atom. The van der Waals surface area contributed by atoms with Crippen molar-refractivity contribution < 1.29 is 4.79 Å². The first-order valence-electron chi connectivity index (χ1n) is 8.32. The Balaban J connectivity index is 1.84. The Bertz CT molecular complexity index is 322. The largest absolute Gasteiger partial charge is 0.341 e. The van der Waals surface area contributed by atoms with Crippen LogP contribution in [0.1, 0.15) is 65.7 Å². The van der Waals surface area contributed by atoms with Crippen LogP contribution in [0.5, 0.6) is 0 Å². The van der Waals surface area contributed by atoms with Gasteiger partial charge >= 0.3 is 0 Å². The Labute approximate surface area is 129 Å². The first-order chi connectivity index (χ1) is 9.39. The van der Waals surface area contributed by atoms with Gasteiger partial charge in [0.1, 0.15) is 5.38 Å². The smallest absolute Gasteiger partial charge is 0.240 e. The molecule has 0 aromatic carbocycles. The molecule has 1 saturated carbocycles. The molecule has 2 aliphatic rings.